The number of rotatable bonds is 8. The van der Waals surface area contributed by atoms with E-state index in [1.807, 2.05) is 6.92 Å². The van der Waals surface area contributed by atoms with Gasteiger partial charge in [0, 0.05) is 5.69 Å². The minimum atomic E-state index is -0.847. The van der Waals surface area contributed by atoms with Crippen LogP contribution in [0, 0.1) is 0 Å². The Labute approximate surface area is 219 Å². The fourth-order valence-electron chi connectivity index (χ4n) is 4.62. The smallest absolute Gasteiger partial charge is 0.338 e. The van der Waals surface area contributed by atoms with Crippen molar-refractivity contribution in [1.82, 2.24) is 0 Å². The first-order valence-corrected chi connectivity index (χ1v) is 12.6. The Morgan fingerprint density at radius 1 is 1.03 bits per heavy atom. The molecule has 0 saturated carbocycles. The van der Waals surface area contributed by atoms with E-state index in [0.29, 0.717) is 41.0 Å². The molecule has 1 aliphatic heterocycles. The Hall–Kier alpha value is -4.59. The van der Waals surface area contributed by atoms with E-state index < -0.39 is 17.9 Å². The van der Waals surface area contributed by atoms with E-state index in [9.17, 15) is 19.5 Å². The Balaban J connectivity index is 1.63. The molecule has 0 fully saturated rings. The predicted octanol–water partition coefficient (Wildman–Crippen LogP) is 5.60. The highest BCUT2D eigenvalue weighted by Gasteiger charge is 2.44. The summed E-state index contributed by atoms with van der Waals surface area (Å²) < 4.78 is 16.8. The lowest BCUT2D eigenvalue weighted by Crippen LogP contribution is -2.29. The van der Waals surface area contributed by atoms with Crippen molar-refractivity contribution >= 4 is 28.5 Å². The van der Waals surface area contributed by atoms with Gasteiger partial charge in [-0.1, -0.05) is 31.5 Å². The fourth-order valence-corrected chi connectivity index (χ4v) is 4.62. The standard InChI is InChI=1S/C30H27NO7/c1-3-5-16-37-30(35)18-10-13-20(14-11-18)31-26(19-12-15-22(32)24(17-19)36-4-2)25-27(33)21-8-6-7-9-23(21)38-28(25)29(31)34/h6-15,17,26,32H,3-5,16H2,1-2H3. The molecule has 0 saturated heterocycles. The molecule has 194 valence electrons. The number of phenolic OH excluding ortho intramolecular Hbond substituents is 1. The van der Waals surface area contributed by atoms with Gasteiger partial charge in [-0.3, -0.25) is 14.5 Å². The van der Waals surface area contributed by atoms with Crippen molar-refractivity contribution in [3.8, 4) is 11.5 Å². The van der Waals surface area contributed by atoms with Gasteiger partial charge in [-0.25, -0.2) is 4.79 Å². The molecule has 1 N–H and O–H groups in total. The van der Waals surface area contributed by atoms with Crippen molar-refractivity contribution in [1.29, 1.82) is 0 Å². The Bertz CT molecular complexity index is 1570. The number of carbonyl (C=O) groups excluding carboxylic acids is 2. The number of phenols is 1. The Morgan fingerprint density at radius 3 is 2.53 bits per heavy atom. The van der Waals surface area contributed by atoms with Crippen molar-refractivity contribution in [3.05, 3.63) is 99.4 Å². The zero-order chi connectivity index (χ0) is 26.8. The van der Waals surface area contributed by atoms with Gasteiger partial charge in [0.05, 0.1) is 35.8 Å². The first-order valence-electron chi connectivity index (χ1n) is 12.6. The van der Waals surface area contributed by atoms with Crippen LogP contribution in [0.25, 0.3) is 11.0 Å². The number of nitrogens with zero attached hydrogens (tertiary/aromatic N) is 1. The van der Waals surface area contributed by atoms with Crippen molar-refractivity contribution in [2.24, 2.45) is 0 Å². The molecule has 4 aromatic rings. The number of ether oxygens (including phenoxy) is 2. The summed E-state index contributed by atoms with van der Waals surface area (Å²) in [5.74, 6) is -0.796. The van der Waals surface area contributed by atoms with Crippen LogP contribution in [0.5, 0.6) is 11.5 Å². The van der Waals surface area contributed by atoms with Crippen molar-refractivity contribution < 1.29 is 28.6 Å². The number of hydrogen-bond acceptors (Lipinski definition) is 7. The number of carbonyl (C=O) groups is 2. The number of amides is 1. The molecule has 2 heterocycles. The Morgan fingerprint density at radius 2 is 1.79 bits per heavy atom. The van der Waals surface area contributed by atoms with Crippen LogP contribution < -0.4 is 15.1 Å². The number of benzene rings is 3. The summed E-state index contributed by atoms with van der Waals surface area (Å²) in [5, 5.41) is 10.6. The summed E-state index contributed by atoms with van der Waals surface area (Å²) in [6.07, 6.45) is 1.69. The van der Waals surface area contributed by atoms with E-state index in [4.69, 9.17) is 13.9 Å². The molecule has 1 unspecified atom stereocenters. The number of fused-ring (bicyclic) bond motifs is 2. The lowest BCUT2D eigenvalue weighted by molar-refractivity contribution is 0.0499. The topological polar surface area (TPSA) is 106 Å². The molecule has 0 aliphatic carbocycles. The highest BCUT2D eigenvalue weighted by molar-refractivity contribution is 6.10. The van der Waals surface area contributed by atoms with Crippen LogP contribution in [0.3, 0.4) is 0 Å². The number of hydrogen-bond donors (Lipinski definition) is 1. The average Bonchev–Trinajstić information content (AvgIpc) is 3.22. The Kier molecular flexibility index (Phi) is 6.87. The summed E-state index contributed by atoms with van der Waals surface area (Å²) in [7, 11) is 0. The van der Waals surface area contributed by atoms with Gasteiger partial charge in [-0.2, -0.15) is 0 Å². The highest BCUT2D eigenvalue weighted by atomic mass is 16.5. The van der Waals surface area contributed by atoms with Gasteiger partial charge in [0.15, 0.2) is 16.9 Å². The van der Waals surface area contributed by atoms with Crippen LogP contribution in [-0.2, 0) is 4.74 Å². The van der Waals surface area contributed by atoms with E-state index in [0.717, 1.165) is 12.8 Å². The molecule has 38 heavy (non-hydrogen) atoms. The summed E-state index contributed by atoms with van der Waals surface area (Å²) in [6, 6.07) is 17.1. The largest absolute Gasteiger partial charge is 0.504 e. The molecule has 3 aromatic carbocycles. The van der Waals surface area contributed by atoms with Crippen molar-refractivity contribution in [2.45, 2.75) is 32.7 Å². The van der Waals surface area contributed by atoms with Gasteiger partial charge in [0.1, 0.15) is 5.58 Å². The zero-order valence-electron chi connectivity index (χ0n) is 21.1. The predicted molar refractivity (Wildman–Crippen MR) is 142 cm³/mol. The third-order valence-electron chi connectivity index (χ3n) is 6.49. The second-order valence-electron chi connectivity index (χ2n) is 8.94. The van der Waals surface area contributed by atoms with E-state index in [1.165, 1.54) is 11.0 Å². The number of unbranched alkanes of at least 4 members (excludes halogenated alkanes) is 1. The van der Waals surface area contributed by atoms with Gasteiger partial charge >= 0.3 is 5.97 Å². The van der Waals surface area contributed by atoms with E-state index >= 15 is 0 Å². The number of esters is 1. The quantitative estimate of drug-likeness (QED) is 0.241. The van der Waals surface area contributed by atoms with Gasteiger partial charge < -0.3 is 19.0 Å². The summed E-state index contributed by atoms with van der Waals surface area (Å²) in [5.41, 5.74) is 1.58. The normalized spacial score (nSPS) is 14.5. The summed E-state index contributed by atoms with van der Waals surface area (Å²) in [4.78, 5) is 41.3. The van der Waals surface area contributed by atoms with Crippen LogP contribution in [0.15, 0.2) is 75.9 Å². The SMILES string of the molecule is CCCCOC(=O)c1ccc(N2C(=O)c3oc4ccccc4c(=O)c3C2c2ccc(O)c(OCC)c2)cc1. The highest BCUT2D eigenvalue weighted by Crippen LogP contribution is 2.43. The van der Waals surface area contributed by atoms with E-state index in [2.05, 4.69) is 0 Å². The second kappa shape index (κ2) is 10.4. The van der Waals surface area contributed by atoms with E-state index in [-0.39, 0.29) is 28.3 Å². The first kappa shape index (κ1) is 25.1. The molecule has 0 spiro atoms. The molecular formula is C30H27NO7. The zero-order valence-corrected chi connectivity index (χ0v) is 21.1. The monoisotopic (exact) mass is 513 g/mol. The minimum absolute atomic E-state index is 0.0483. The average molecular weight is 514 g/mol. The minimum Gasteiger partial charge on any atom is -0.504 e. The van der Waals surface area contributed by atoms with Gasteiger partial charge in [0.25, 0.3) is 5.91 Å². The molecule has 0 bridgehead atoms. The third kappa shape index (κ3) is 4.38. The molecule has 8 heteroatoms. The maximum atomic E-state index is 13.8. The maximum absolute atomic E-state index is 13.8. The number of anilines is 1. The molecule has 5 rings (SSSR count). The van der Waals surface area contributed by atoms with E-state index in [1.54, 1.807) is 67.6 Å². The van der Waals surface area contributed by atoms with Crippen LogP contribution in [0.1, 0.15) is 64.8 Å². The second-order valence-corrected chi connectivity index (χ2v) is 8.94. The van der Waals surface area contributed by atoms with Gasteiger partial charge in [-0.15, -0.1) is 0 Å². The first-order chi connectivity index (χ1) is 18.4. The fraction of sp³-hybridized carbons (Fsp3) is 0.233. The molecule has 1 aromatic heterocycles. The van der Waals surface area contributed by atoms with Gasteiger partial charge in [-0.05, 0) is 67.4 Å². The van der Waals surface area contributed by atoms with Crippen LogP contribution in [0.2, 0.25) is 0 Å². The van der Waals surface area contributed by atoms with Crippen molar-refractivity contribution in [3.63, 3.8) is 0 Å². The summed E-state index contributed by atoms with van der Waals surface area (Å²) >= 11 is 0. The third-order valence-corrected chi connectivity index (χ3v) is 6.49. The number of para-hydroxylation sites is 1. The van der Waals surface area contributed by atoms with Crippen LogP contribution >= 0.6 is 0 Å². The maximum Gasteiger partial charge on any atom is 0.338 e. The molecule has 1 amide bonds. The number of aromatic hydroxyl groups is 1. The molecule has 1 atom stereocenters. The van der Waals surface area contributed by atoms with Gasteiger partial charge in [0.2, 0.25) is 5.76 Å². The lowest BCUT2D eigenvalue weighted by atomic mass is 9.97. The molecule has 1 aliphatic rings. The van der Waals surface area contributed by atoms with Crippen LogP contribution in [-0.4, -0.2) is 30.2 Å². The molecular weight excluding hydrogens is 486 g/mol. The summed E-state index contributed by atoms with van der Waals surface area (Å²) in [6.45, 7) is 4.47. The van der Waals surface area contributed by atoms with Crippen molar-refractivity contribution in [2.75, 3.05) is 18.1 Å². The van der Waals surface area contributed by atoms with Crippen LogP contribution in [0.4, 0.5) is 5.69 Å². The lowest BCUT2D eigenvalue weighted by Gasteiger charge is -2.26. The molecule has 8 nitrogen and oxygen atoms in total. The molecule has 0 radical (unpaired) electrons.